The molecule has 0 spiro atoms. The summed E-state index contributed by atoms with van der Waals surface area (Å²) in [5.74, 6) is -0.171. The Hall–Kier alpha value is -3.67. The summed E-state index contributed by atoms with van der Waals surface area (Å²) < 4.78 is 5.52. The van der Waals surface area contributed by atoms with E-state index in [0.29, 0.717) is 24.6 Å². The number of hydrogen-bond donors (Lipinski definition) is 2. The minimum atomic E-state index is -0.412. The number of aryl methyl sites for hydroxylation is 1. The summed E-state index contributed by atoms with van der Waals surface area (Å²) >= 11 is 0. The minimum Gasteiger partial charge on any atom is -0.492 e. The molecular formula is C23H23N3O3. The second-order valence-corrected chi connectivity index (χ2v) is 6.46. The van der Waals surface area contributed by atoms with Crippen molar-refractivity contribution in [2.24, 2.45) is 0 Å². The van der Waals surface area contributed by atoms with Gasteiger partial charge in [0.2, 0.25) is 0 Å². The van der Waals surface area contributed by atoms with Crippen LogP contribution in [0.4, 0.5) is 5.69 Å². The summed E-state index contributed by atoms with van der Waals surface area (Å²) in [6.45, 7) is 4.76. The largest absolute Gasteiger partial charge is 0.492 e. The molecular weight excluding hydrogens is 366 g/mol. The van der Waals surface area contributed by atoms with Gasteiger partial charge in [-0.05, 0) is 43.7 Å². The highest BCUT2D eigenvalue weighted by molar-refractivity contribution is 6.04. The van der Waals surface area contributed by atoms with Crippen molar-refractivity contribution in [3.05, 3.63) is 89.2 Å². The quantitative estimate of drug-likeness (QED) is 0.641. The van der Waals surface area contributed by atoms with Gasteiger partial charge in [-0.15, -0.1) is 0 Å². The van der Waals surface area contributed by atoms with Gasteiger partial charge in [-0.2, -0.15) is 0 Å². The van der Waals surface area contributed by atoms with Crippen molar-refractivity contribution in [3.63, 3.8) is 0 Å². The van der Waals surface area contributed by atoms with Gasteiger partial charge in [0, 0.05) is 6.54 Å². The topological polar surface area (TPSA) is 80.3 Å². The molecule has 0 aliphatic heterocycles. The molecule has 0 unspecified atom stereocenters. The van der Waals surface area contributed by atoms with Crippen LogP contribution in [0.2, 0.25) is 0 Å². The fourth-order valence-electron chi connectivity index (χ4n) is 2.70. The van der Waals surface area contributed by atoms with Gasteiger partial charge in [0.15, 0.2) is 0 Å². The van der Waals surface area contributed by atoms with Crippen LogP contribution in [0.1, 0.15) is 39.0 Å². The van der Waals surface area contributed by atoms with Crippen molar-refractivity contribution in [1.29, 1.82) is 0 Å². The molecule has 0 radical (unpaired) electrons. The third-order valence-electron chi connectivity index (χ3n) is 4.22. The van der Waals surface area contributed by atoms with E-state index >= 15 is 0 Å². The Kier molecular flexibility index (Phi) is 6.58. The second-order valence-electron chi connectivity index (χ2n) is 6.46. The Morgan fingerprint density at radius 2 is 1.59 bits per heavy atom. The monoisotopic (exact) mass is 389 g/mol. The summed E-state index contributed by atoms with van der Waals surface area (Å²) in [4.78, 5) is 29.2. The maximum absolute atomic E-state index is 12.6. The summed E-state index contributed by atoms with van der Waals surface area (Å²) in [5, 5.41) is 5.61. The van der Waals surface area contributed by atoms with Crippen LogP contribution < -0.4 is 15.4 Å². The van der Waals surface area contributed by atoms with Crippen molar-refractivity contribution in [2.75, 3.05) is 11.9 Å². The van der Waals surface area contributed by atoms with Crippen LogP contribution in [0.3, 0.4) is 0 Å². The number of para-hydroxylation sites is 2. The summed E-state index contributed by atoms with van der Waals surface area (Å²) in [6.07, 6.45) is 0. The highest BCUT2D eigenvalue weighted by atomic mass is 16.5. The molecule has 6 nitrogen and oxygen atoms in total. The van der Waals surface area contributed by atoms with Gasteiger partial charge in [-0.3, -0.25) is 9.59 Å². The maximum Gasteiger partial charge on any atom is 0.274 e. The Morgan fingerprint density at radius 3 is 2.31 bits per heavy atom. The van der Waals surface area contributed by atoms with Crippen LogP contribution in [0.25, 0.3) is 0 Å². The van der Waals surface area contributed by atoms with E-state index in [2.05, 4.69) is 15.6 Å². The van der Waals surface area contributed by atoms with E-state index in [0.717, 1.165) is 11.1 Å². The van der Waals surface area contributed by atoms with Crippen LogP contribution in [-0.4, -0.2) is 23.4 Å². The van der Waals surface area contributed by atoms with E-state index in [9.17, 15) is 9.59 Å². The molecule has 0 aliphatic carbocycles. The highest BCUT2D eigenvalue weighted by Gasteiger charge is 2.14. The summed E-state index contributed by atoms with van der Waals surface area (Å²) in [6, 6.07) is 19.9. The fourth-order valence-corrected chi connectivity index (χ4v) is 2.70. The van der Waals surface area contributed by atoms with Crippen LogP contribution in [0.5, 0.6) is 5.75 Å². The number of benzene rings is 2. The molecule has 1 heterocycles. The number of carbonyl (C=O) groups excluding carboxylic acids is 2. The Morgan fingerprint density at radius 1 is 0.897 bits per heavy atom. The van der Waals surface area contributed by atoms with Gasteiger partial charge < -0.3 is 15.4 Å². The zero-order valence-corrected chi connectivity index (χ0v) is 16.4. The van der Waals surface area contributed by atoms with Crippen molar-refractivity contribution in [3.8, 4) is 5.75 Å². The molecule has 0 atom stereocenters. The van der Waals surface area contributed by atoms with E-state index in [-0.39, 0.29) is 17.3 Å². The van der Waals surface area contributed by atoms with Gasteiger partial charge in [0.1, 0.15) is 17.1 Å². The van der Waals surface area contributed by atoms with E-state index in [1.165, 1.54) is 0 Å². The highest BCUT2D eigenvalue weighted by Crippen LogP contribution is 2.24. The molecule has 2 N–H and O–H groups in total. The van der Waals surface area contributed by atoms with E-state index in [1.807, 2.05) is 44.2 Å². The number of ether oxygens (including phenoxy) is 1. The van der Waals surface area contributed by atoms with Crippen LogP contribution in [0, 0.1) is 6.92 Å². The predicted octanol–water partition coefficient (Wildman–Crippen LogP) is 3.97. The van der Waals surface area contributed by atoms with E-state index in [4.69, 9.17) is 4.74 Å². The Bertz CT molecular complexity index is 1000. The number of nitrogens with zero attached hydrogens (tertiary/aromatic N) is 1. The number of carbonyl (C=O) groups is 2. The molecule has 29 heavy (non-hydrogen) atoms. The molecule has 2 amide bonds. The minimum absolute atomic E-state index is 0.152. The first-order valence-corrected chi connectivity index (χ1v) is 9.41. The van der Waals surface area contributed by atoms with Gasteiger partial charge in [-0.25, -0.2) is 4.98 Å². The number of aromatic nitrogens is 1. The lowest BCUT2D eigenvalue weighted by Gasteiger charge is -2.11. The van der Waals surface area contributed by atoms with Crippen molar-refractivity contribution in [1.82, 2.24) is 10.3 Å². The fraction of sp³-hybridized carbons (Fsp3) is 0.174. The van der Waals surface area contributed by atoms with Crippen LogP contribution in [0.15, 0.2) is 66.7 Å². The number of amides is 2. The first-order valence-electron chi connectivity index (χ1n) is 9.41. The summed E-state index contributed by atoms with van der Waals surface area (Å²) in [5.41, 5.74) is 3.04. The average molecular weight is 389 g/mol. The summed E-state index contributed by atoms with van der Waals surface area (Å²) in [7, 11) is 0. The normalized spacial score (nSPS) is 10.3. The van der Waals surface area contributed by atoms with Gasteiger partial charge in [0.25, 0.3) is 11.8 Å². The Balaban J connectivity index is 1.67. The molecule has 0 saturated carbocycles. The van der Waals surface area contributed by atoms with Crippen molar-refractivity contribution >= 4 is 17.5 Å². The second kappa shape index (κ2) is 9.50. The molecule has 2 aromatic carbocycles. The molecule has 3 aromatic rings. The number of hydrogen-bond acceptors (Lipinski definition) is 4. The Labute approximate surface area is 169 Å². The number of nitrogens with one attached hydrogen (secondary N) is 2. The maximum atomic E-state index is 12.6. The molecule has 148 valence electrons. The van der Waals surface area contributed by atoms with Crippen molar-refractivity contribution in [2.45, 2.75) is 20.4 Å². The zero-order chi connectivity index (χ0) is 20.6. The molecule has 0 bridgehead atoms. The van der Waals surface area contributed by atoms with Crippen LogP contribution in [-0.2, 0) is 6.54 Å². The third-order valence-corrected chi connectivity index (χ3v) is 4.22. The molecule has 6 heteroatoms. The molecule has 0 aliphatic rings. The van der Waals surface area contributed by atoms with E-state index in [1.54, 1.807) is 36.4 Å². The van der Waals surface area contributed by atoms with Gasteiger partial charge in [0.05, 0.1) is 12.3 Å². The molecule has 3 rings (SSSR count). The van der Waals surface area contributed by atoms with E-state index < -0.39 is 5.91 Å². The molecule has 0 fully saturated rings. The number of rotatable bonds is 7. The lowest BCUT2D eigenvalue weighted by Crippen LogP contribution is -2.25. The standard InChI is InChI=1S/C23H23N3O3/c1-3-29-21-10-5-4-7-18(21)26-23(28)20-9-6-8-19(25-20)22(27)24-15-17-13-11-16(2)12-14-17/h4-14H,3,15H2,1-2H3,(H,24,27)(H,26,28). The van der Waals surface area contributed by atoms with Gasteiger partial charge >= 0.3 is 0 Å². The average Bonchev–Trinajstić information content (AvgIpc) is 2.75. The number of anilines is 1. The smallest absolute Gasteiger partial charge is 0.274 e. The third kappa shape index (κ3) is 5.42. The lowest BCUT2D eigenvalue weighted by molar-refractivity contribution is 0.0945. The molecule has 0 saturated heterocycles. The van der Waals surface area contributed by atoms with Gasteiger partial charge in [-0.1, -0.05) is 48.0 Å². The number of pyridine rings is 1. The SMILES string of the molecule is CCOc1ccccc1NC(=O)c1cccc(C(=O)NCc2ccc(C)cc2)n1. The van der Waals surface area contributed by atoms with Crippen LogP contribution >= 0.6 is 0 Å². The lowest BCUT2D eigenvalue weighted by atomic mass is 10.1. The predicted molar refractivity (Wildman–Crippen MR) is 112 cm³/mol. The first kappa shape index (κ1) is 20.1. The zero-order valence-electron chi connectivity index (χ0n) is 16.4. The molecule has 1 aromatic heterocycles. The first-order chi connectivity index (χ1) is 14.1. The van der Waals surface area contributed by atoms with Crippen molar-refractivity contribution < 1.29 is 14.3 Å².